The average molecular weight is 388 g/mol. The molecule has 0 aromatic heterocycles. The van der Waals surface area contributed by atoms with Crippen LogP contribution in [0.5, 0.6) is 5.75 Å². The van der Waals surface area contributed by atoms with Crippen LogP contribution in [0.25, 0.3) is 0 Å². The van der Waals surface area contributed by atoms with E-state index in [-0.39, 0.29) is 18.9 Å². The highest BCUT2D eigenvalue weighted by molar-refractivity contribution is 7.92. The van der Waals surface area contributed by atoms with Crippen LogP contribution < -0.4 is 9.04 Å². The van der Waals surface area contributed by atoms with Gasteiger partial charge in [-0.2, -0.15) is 0 Å². The van der Waals surface area contributed by atoms with E-state index in [0.717, 1.165) is 18.2 Å². The lowest BCUT2D eigenvalue weighted by atomic mass is 10.00. The van der Waals surface area contributed by atoms with Gasteiger partial charge < -0.3 is 9.64 Å². The van der Waals surface area contributed by atoms with Crippen molar-refractivity contribution in [2.24, 2.45) is 0 Å². The molecule has 27 heavy (non-hydrogen) atoms. The Morgan fingerprint density at radius 1 is 1.11 bits per heavy atom. The molecule has 0 spiro atoms. The summed E-state index contributed by atoms with van der Waals surface area (Å²) in [4.78, 5) is 14.5. The van der Waals surface area contributed by atoms with E-state index < -0.39 is 10.0 Å². The van der Waals surface area contributed by atoms with Crippen LogP contribution in [0.15, 0.2) is 48.5 Å². The summed E-state index contributed by atoms with van der Waals surface area (Å²) in [7, 11) is -2.05. The molecule has 0 unspecified atom stereocenters. The van der Waals surface area contributed by atoms with Gasteiger partial charge in [0.25, 0.3) is 0 Å². The van der Waals surface area contributed by atoms with Crippen LogP contribution in [-0.4, -0.2) is 45.7 Å². The van der Waals surface area contributed by atoms with E-state index in [0.29, 0.717) is 24.5 Å². The van der Waals surface area contributed by atoms with Crippen LogP contribution in [0.2, 0.25) is 0 Å². The minimum absolute atomic E-state index is 0.0481. The SMILES string of the molecule is COc1ccccc1N(CCC(=O)N1CCc2ccccc2C1)S(C)(=O)=O. The highest BCUT2D eigenvalue weighted by atomic mass is 32.2. The molecular formula is C20H24N2O4S. The lowest BCUT2D eigenvalue weighted by molar-refractivity contribution is -0.131. The van der Waals surface area contributed by atoms with Crippen LogP contribution in [0.1, 0.15) is 17.5 Å². The molecule has 0 radical (unpaired) electrons. The molecule has 144 valence electrons. The van der Waals surface area contributed by atoms with E-state index in [2.05, 4.69) is 6.07 Å². The lowest BCUT2D eigenvalue weighted by Crippen LogP contribution is -2.39. The van der Waals surface area contributed by atoms with E-state index in [1.165, 1.54) is 17.0 Å². The van der Waals surface area contributed by atoms with E-state index in [1.54, 1.807) is 29.2 Å². The van der Waals surface area contributed by atoms with Gasteiger partial charge in [0.2, 0.25) is 15.9 Å². The summed E-state index contributed by atoms with van der Waals surface area (Å²) in [5, 5.41) is 0. The van der Waals surface area contributed by atoms with Crippen molar-refractivity contribution in [1.29, 1.82) is 0 Å². The maximum atomic E-state index is 12.7. The van der Waals surface area contributed by atoms with E-state index >= 15 is 0 Å². The van der Waals surface area contributed by atoms with Crippen molar-refractivity contribution in [3.05, 3.63) is 59.7 Å². The molecule has 2 aromatic rings. The highest BCUT2D eigenvalue weighted by Gasteiger charge is 2.25. The molecule has 0 atom stereocenters. The van der Waals surface area contributed by atoms with Gasteiger partial charge in [-0.25, -0.2) is 8.42 Å². The number of hydrogen-bond acceptors (Lipinski definition) is 4. The Kier molecular flexibility index (Phi) is 5.70. The number of carbonyl (C=O) groups is 1. The third-order valence-electron chi connectivity index (χ3n) is 4.77. The first-order chi connectivity index (χ1) is 12.9. The summed E-state index contributed by atoms with van der Waals surface area (Å²) in [5.41, 5.74) is 2.87. The number of fused-ring (bicyclic) bond motifs is 1. The number of para-hydroxylation sites is 2. The van der Waals surface area contributed by atoms with Crippen LogP contribution in [-0.2, 0) is 27.8 Å². The van der Waals surface area contributed by atoms with E-state index in [4.69, 9.17) is 4.74 Å². The molecule has 1 amide bonds. The third-order valence-corrected chi connectivity index (χ3v) is 5.95. The van der Waals surface area contributed by atoms with Gasteiger partial charge in [-0.3, -0.25) is 9.10 Å². The Labute approximate surface area is 160 Å². The third kappa shape index (κ3) is 4.42. The summed E-state index contributed by atoms with van der Waals surface area (Å²) >= 11 is 0. The fourth-order valence-electron chi connectivity index (χ4n) is 3.36. The van der Waals surface area contributed by atoms with Gasteiger partial charge in [0.15, 0.2) is 0 Å². The smallest absolute Gasteiger partial charge is 0.232 e. The van der Waals surface area contributed by atoms with Crippen molar-refractivity contribution in [2.45, 2.75) is 19.4 Å². The van der Waals surface area contributed by atoms with Crippen molar-refractivity contribution in [3.8, 4) is 5.75 Å². The number of hydrogen-bond donors (Lipinski definition) is 0. The highest BCUT2D eigenvalue weighted by Crippen LogP contribution is 2.29. The number of ether oxygens (including phenoxy) is 1. The Morgan fingerprint density at radius 2 is 1.78 bits per heavy atom. The molecule has 0 aliphatic carbocycles. The Hall–Kier alpha value is -2.54. The molecule has 0 saturated carbocycles. The average Bonchev–Trinajstić information content (AvgIpc) is 2.67. The zero-order valence-electron chi connectivity index (χ0n) is 15.6. The van der Waals surface area contributed by atoms with Gasteiger partial charge in [0, 0.05) is 26.1 Å². The zero-order chi connectivity index (χ0) is 19.4. The van der Waals surface area contributed by atoms with Crippen molar-refractivity contribution in [1.82, 2.24) is 4.90 Å². The molecule has 0 N–H and O–H groups in total. The normalized spacial score (nSPS) is 13.8. The van der Waals surface area contributed by atoms with Gasteiger partial charge in [0.1, 0.15) is 5.75 Å². The second kappa shape index (κ2) is 8.00. The molecule has 7 heteroatoms. The maximum Gasteiger partial charge on any atom is 0.232 e. The van der Waals surface area contributed by atoms with Gasteiger partial charge in [-0.1, -0.05) is 36.4 Å². The molecule has 1 aliphatic heterocycles. The van der Waals surface area contributed by atoms with Gasteiger partial charge in [-0.05, 0) is 29.7 Å². The number of sulfonamides is 1. The van der Waals surface area contributed by atoms with Crippen LogP contribution in [0.4, 0.5) is 5.69 Å². The molecule has 0 saturated heterocycles. The van der Waals surface area contributed by atoms with Crippen molar-refractivity contribution < 1.29 is 17.9 Å². The summed E-state index contributed by atoms with van der Waals surface area (Å²) in [6.45, 7) is 1.31. The van der Waals surface area contributed by atoms with Crippen LogP contribution in [0, 0.1) is 0 Å². The van der Waals surface area contributed by atoms with Gasteiger partial charge >= 0.3 is 0 Å². The monoisotopic (exact) mass is 388 g/mol. The Bertz CT molecular complexity index is 927. The number of carbonyl (C=O) groups excluding carboxylic acids is 1. The molecule has 6 nitrogen and oxygen atoms in total. The summed E-state index contributed by atoms with van der Waals surface area (Å²) in [6.07, 6.45) is 2.08. The minimum atomic E-state index is -3.54. The maximum absolute atomic E-state index is 12.7. The van der Waals surface area contributed by atoms with Gasteiger partial charge in [0.05, 0.1) is 19.1 Å². The number of nitrogens with zero attached hydrogens (tertiary/aromatic N) is 2. The molecular weight excluding hydrogens is 364 g/mol. The topological polar surface area (TPSA) is 66.9 Å². The van der Waals surface area contributed by atoms with E-state index in [1.807, 2.05) is 18.2 Å². The standard InChI is InChI=1S/C20H24N2O4S/c1-26-19-10-6-5-9-18(19)22(27(2,24)25)14-12-20(23)21-13-11-16-7-3-4-8-17(16)15-21/h3-10H,11-15H2,1-2H3. The molecule has 0 fully saturated rings. The van der Waals surface area contributed by atoms with Crippen molar-refractivity contribution >= 4 is 21.6 Å². The molecule has 1 heterocycles. The summed E-state index contributed by atoms with van der Waals surface area (Å²) in [6, 6.07) is 15.0. The molecule has 3 rings (SSSR count). The molecule has 1 aliphatic rings. The predicted molar refractivity (Wildman–Crippen MR) is 105 cm³/mol. The molecule has 0 bridgehead atoms. The van der Waals surface area contributed by atoms with Crippen molar-refractivity contribution in [2.75, 3.05) is 30.8 Å². The number of rotatable bonds is 6. The zero-order valence-corrected chi connectivity index (χ0v) is 16.4. The second-order valence-electron chi connectivity index (χ2n) is 6.59. The minimum Gasteiger partial charge on any atom is -0.495 e. The van der Waals surface area contributed by atoms with Crippen molar-refractivity contribution in [3.63, 3.8) is 0 Å². The fourth-order valence-corrected chi connectivity index (χ4v) is 4.30. The number of benzene rings is 2. The molecule has 2 aromatic carbocycles. The second-order valence-corrected chi connectivity index (χ2v) is 8.50. The fraction of sp³-hybridized carbons (Fsp3) is 0.350. The van der Waals surface area contributed by atoms with Crippen LogP contribution >= 0.6 is 0 Å². The summed E-state index contributed by atoms with van der Waals surface area (Å²) in [5.74, 6) is 0.412. The first-order valence-corrected chi connectivity index (χ1v) is 10.7. The van der Waals surface area contributed by atoms with E-state index in [9.17, 15) is 13.2 Å². The summed E-state index contributed by atoms with van der Waals surface area (Å²) < 4.78 is 31.1. The van der Waals surface area contributed by atoms with Gasteiger partial charge in [-0.15, -0.1) is 0 Å². The first-order valence-electron chi connectivity index (χ1n) is 8.85. The first kappa shape index (κ1) is 19.2. The number of anilines is 1. The Balaban J connectivity index is 1.72. The Morgan fingerprint density at radius 3 is 2.48 bits per heavy atom. The number of amides is 1. The van der Waals surface area contributed by atoms with Crippen LogP contribution in [0.3, 0.4) is 0 Å². The quantitative estimate of drug-likeness (QED) is 0.762. The predicted octanol–water partition coefficient (Wildman–Crippen LogP) is 2.44. The lowest BCUT2D eigenvalue weighted by Gasteiger charge is -2.30. The number of methoxy groups -OCH3 is 1. The largest absolute Gasteiger partial charge is 0.495 e.